The van der Waals surface area contributed by atoms with Gasteiger partial charge in [-0.25, -0.2) is 0 Å². The number of rotatable bonds is 3. The van der Waals surface area contributed by atoms with Gasteiger partial charge in [0.2, 0.25) is 0 Å². The van der Waals surface area contributed by atoms with Gasteiger partial charge < -0.3 is 14.0 Å². The van der Waals surface area contributed by atoms with Crippen LogP contribution in [0.4, 0.5) is 0 Å². The number of nitrogens with zero attached hydrogens (tertiary/aromatic N) is 3. The molecule has 0 saturated heterocycles. The van der Waals surface area contributed by atoms with E-state index in [1.807, 2.05) is 48.7 Å². The second kappa shape index (κ2) is 12.0. The standard InChI is InChI=1S/C22H18NO.C17H13N2.Ir/c1-2-7-15(6-1)16-12-13-23-20(14-16)19-10-5-9-18-17-8-3-4-11-21(17)24-22(18)19;1-12-10-14-8-5-9-15-16(14)19(11-12)17(18-15)13-6-3-2-4-7-13;/h3-5,8-9,11-15H,1-2,6-7H2;2-6,8-10H,11H2,1H3;/q2*-1;. The summed E-state index contributed by atoms with van der Waals surface area (Å²) in [6, 6.07) is 37.6. The van der Waals surface area contributed by atoms with Gasteiger partial charge in [-0.05, 0) is 55.1 Å². The summed E-state index contributed by atoms with van der Waals surface area (Å²) in [5, 5.41) is 2.28. The molecule has 44 heavy (non-hydrogen) atoms. The number of hydrogen-bond acceptors (Lipinski definition) is 3. The summed E-state index contributed by atoms with van der Waals surface area (Å²) >= 11 is 0. The van der Waals surface area contributed by atoms with Gasteiger partial charge in [0.1, 0.15) is 5.58 Å². The van der Waals surface area contributed by atoms with Crippen molar-refractivity contribution in [3.8, 4) is 22.6 Å². The van der Waals surface area contributed by atoms with E-state index in [0.717, 1.165) is 56.6 Å². The van der Waals surface area contributed by atoms with Gasteiger partial charge in [0.05, 0.1) is 22.4 Å². The topological polar surface area (TPSA) is 43.9 Å². The Kier molecular flexibility index (Phi) is 7.76. The molecule has 0 amide bonds. The van der Waals surface area contributed by atoms with Crippen LogP contribution in [0.15, 0.2) is 107 Å². The minimum Gasteiger partial charge on any atom is -0.501 e. The largest absolute Gasteiger partial charge is 0.501 e. The first-order chi connectivity index (χ1) is 21.2. The Morgan fingerprint density at radius 1 is 0.864 bits per heavy atom. The SMILES string of the molecule is CC1=Cc2cccc3nc(-c4[c-]cccc4)n(c23)C1.[Ir].[c-]1ccc2c(oc3ccccc32)c1-c1cc(C2CCCC2)ccn1. The molecule has 0 bridgehead atoms. The van der Waals surface area contributed by atoms with E-state index in [2.05, 4.69) is 83.2 Å². The fourth-order valence-electron chi connectivity index (χ4n) is 6.76. The van der Waals surface area contributed by atoms with Gasteiger partial charge in [-0.2, -0.15) is 0 Å². The summed E-state index contributed by atoms with van der Waals surface area (Å²) in [5.41, 5.74) is 11.1. The molecule has 7 aromatic rings. The van der Waals surface area contributed by atoms with Gasteiger partial charge in [0.25, 0.3) is 0 Å². The molecule has 1 saturated carbocycles. The third-order valence-corrected chi connectivity index (χ3v) is 8.76. The van der Waals surface area contributed by atoms with E-state index < -0.39 is 0 Å². The molecule has 0 N–H and O–H groups in total. The van der Waals surface area contributed by atoms with Crippen molar-refractivity contribution in [1.29, 1.82) is 0 Å². The van der Waals surface area contributed by atoms with Crippen molar-refractivity contribution in [2.45, 2.75) is 45.1 Å². The van der Waals surface area contributed by atoms with Gasteiger partial charge in [0.15, 0.2) is 0 Å². The van der Waals surface area contributed by atoms with Crippen LogP contribution in [0.2, 0.25) is 0 Å². The first-order valence-corrected chi connectivity index (χ1v) is 15.1. The molecule has 3 aromatic heterocycles. The molecule has 0 atom stereocenters. The molecule has 219 valence electrons. The van der Waals surface area contributed by atoms with Crippen molar-refractivity contribution in [1.82, 2.24) is 14.5 Å². The molecule has 1 aliphatic carbocycles. The number of benzene rings is 4. The number of imidazole rings is 1. The summed E-state index contributed by atoms with van der Waals surface area (Å²) in [7, 11) is 0. The molecule has 1 aliphatic heterocycles. The Bertz CT molecular complexity index is 2130. The minimum absolute atomic E-state index is 0. The molecular weight excluding hydrogens is 719 g/mol. The number of para-hydroxylation sites is 2. The van der Waals surface area contributed by atoms with E-state index in [0.29, 0.717) is 5.92 Å². The Balaban J connectivity index is 0.000000142. The van der Waals surface area contributed by atoms with Gasteiger partial charge in [0, 0.05) is 38.2 Å². The van der Waals surface area contributed by atoms with Crippen LogP contribution in [0.25, 0.3) is 61.7 Å². The Hall–Kier alpha value is -4.31. The zero-order chi connectivity index (χ0) is 28.8. The molecule has 4 aromatic carbocycles. The normalized spacial score (nSPS) is 14.3. The van der Waals surface area contributed by atoms with Gasteiger partial charge in [-0.3, -0.25) is 4.98 Å². The van der Waals surface area contributed by atoms with E-state index in [1.165, 1.54) is 47.9 Å². The molecule has 2 aliphatic rings. The van der Waals surface area contributed by atoms with Gasteiger partial charge in [-0.15, -0.1) is 54.1 Å². The third-order valence-electron chi connectivity index (χ3n) is 8.76. The second-order valence-corrected chi connectivity index (χ2v) is 11.7. The zero-order valence-corrected chi connectivity index (χ0v) is 26.9. The monoisotopic (exact) mass is 750 g/mol. The summed E-state index contributed by atoms with van der Waals surface area (Å²) in [5.74, 6) is 1.69. The molecule has 1 fully saturated rings. The van der Waals surface area contributed by atoms with E-state index in [-0.39, 0.29) is 20.1 Å². The fourth-order valence-corrected chi connectivity index (χ4v) is 6.76. The van der Waals surface area contributed by atoms with E-state index in [4.69, 9.17) is 9.40 Å². The maximum Gasteiger partial charge on any atom is 0.120 e. The molecular formula is C39H31IrN3O-2. The van der Waals surface area contributed by atoms with Crippen LogP contribution >= 0.6 is 0 Å². The Morgan fingerprint density at radius 2 is 1.73 bits per heavy atom. The summed E-state index contributed by atoms with van der Waals surface area (Å²) in [6.45, 7) is 3.08. The van der Waals surface area contributed by atoms with Crippen LogP contribution in [-0.4, -0.2) is 14.5 Å². The van der Waals surface area contributed by atoms with Gasteiger partial charge in [-0.1, -0.05) is 77.4 Å². The van der Waals surface area contributed by atoms with Crippen molar-refractivity contribution in [2.75, 3.05) is 0 Å². The van der Waals surface area contributed by atoms with Crippen LogP contribution in [0.5, 0.6) is 0 Å². The molecule has 0 spiro atoms. The number of aromatic nitrogens is 3. The fraction of sp³-hybridized carbons (Fsp3) is 0.179. The minimum atomic E-state index is 0. The zero-order valence-electron chi connectivity index (χ0n) is 24.5. The maximum atomic E-state index is 6.13. The van der Waals surface area contributed by atoms with Crippen LogP contribution < -0.4 is 0 Å². The predicted octanol–water partition coefficient (Wildman–Crippen LogP) is 10.0. The molecule has 4 heterocycles. The smallest absolute Gasteiger partial charge is 0.120 e. The molecule has 1 radical (unpaired) electrons. The van der Waals surface area contributed by atoms with Crippen LogP contribution in [-0.2, 0) is 26.7 Å². The Morgan fingerprint density at radius 3 is 2.59 bits per heavy atom. The third kappa shape index (κ3) is 5.11. The molecule has 4 nitrogen and oxygen atoms in total. The van der Waals surface area contributed by atoms with E-state index in [1.54, 1.807) is 0 Å². The van der Waals surface area contributed by atoms with E-state index >= 15 is 0 Å². The van der Waals surface area contributed by atoms with Crippen molar-refractivity contribution in [3.63, 3.8) is 0 Å². The number of pyridine rings is 1. The number of hydrogen-bond donors (Lipinski definition) is 0. The number of fused-ring (bicyclic) bond motifs is 3. The van der Waals surface area contributed by atoms with Crippen molar-refractivity contribution < 1.29 is 24.5 Å². The Labute approximate surface area is 270 Å². The number of allylic oxidation sites excluding steroid dienone is 1. The maximum absolute atomic E-state index is 6.13. The average molecular weight is 750 g/mol. The van der Waals surface area contributed by atoms with Crippen LogP contribution in [0.3, 0.4) is 0 Å². The van der Waals surface area contributed by atoms with Crippen LogP contribution in [0, 0.1) is 12.1 Å². The quantitative estimate of drug-likeness (QED) is 0.169. The first kappa shape index (κ1) is 28.5. The van der Waals surface area contributed by atoms with Crippen molar-refractivity contribution >= 4 is 39.0 Å². The van der Waals surface area contributed by atoms with E-state index in [9.17, 15) is 0 Å². The second-order valence-electron chi connectivity index (χ2n) is 11.7. The van der Waals surface area contributed by atoms with Gasteiger partial charge >= 0.3 is 0 Å². The van der Waals surface area contributed by atoms with Crippen LogP contribution in [0.1, 0.15) is 49.7 Å². The molecule has 9 rings (SSSR count). The molecule has 0 unspecified atom stereocenters. The average Bonchev–Trinajstić information content (AvgIpc) is 3.81. The van der Waals surface area contributed by atoms with Crippen molar-refractivity contribution in [2.24, 2.45) is 0 Å². The summed E-state index contributed by atoms with van der Waals surface area (Å²) < 4.78 is 8.43. The van der Waals surface area contributed by atoms with Crippen molar-refractivity contribution in [3.05, 3.63) is 126 Å². The predicted molar refractivity (Wildman–Crippen MR) is 175 cm³/mol. The summed E-state index contributed by atoms with van der Waals surface area (Å²) in [4.78, 5) is 9.40. The first-order valence-electron chi connectivity index (χ1n) is 15.1. The summed E-state index contributed by atoms with van der Waals surface area (Å²) in [6.07, 6.45) is 9.45. The number of furan rings is 1. The molecule has 5 heteroatoms.